The number of nitrogens with zero attached hydrogens (tertiary/aromatic N) is 1. The molecule has 0 saturated heterocycles. The van der Waals surface area contributed by atoms with Crippen LogP contribution in [0.1, 0.15) is 36.8 Å². The molecule has 0 aromatic heterocycles. The lowest BCUT2D eigenvalue weighted by atomic mass is 9.81. The summed E-state index contributed by atoms with van der Waals surface area (Å²) in [5.74, 6) is 0.945. The van der Waals surface area contributed by atoms with Gasteiger partial charge in [0, 0.05) is 6.42 Å². The summed E-state index contributed by atoms with van der Waals surface area (Å²) in [5.41, 5.74) is 1.99. The predicted octanol–water partition coefficient (Wildman–Crippen LogP) is 3.11. The first-order valence-corrected chi connectivity index (χ1v) is 6.93. The maximum atomic E-state index is 9.35. The third-order valence-electron chi connectivity index (χ3n) is 4.02. The van der Waals surface area contributed by atoms with Gasteiger partial charge in [0.05, 0.1) is 6.07 Å². The van der Waals surface area contributed by atoms with Crippen LogP contribution in [0.2, 0.25) is 0 Å². The minimum Gasteiger partial charge on any atom is -0.490 e. The van der Waals surface area contributed by atoms with E-state index in [4.69, 9.17) is 4.74 Å². The van der Waals surface area contributed by atoms with Crippen LogP contribution in [0.5, 0.6) is 5.75 Å². The Bertz CT molecular complexity index is 492. The summed E-state index contributed by atoms with van der Waals surface area (Å²) >= 11 is 0. The lowest BCUT2D eigenvalue weighted by Gasteiger charge is -2.35. The van der Waals surface area contributed by atoms with Gasteiger partial charge in [-0.25, -0.2) is 0 Å². The van der Waals surface area contributed by atoms with Crippen molar-refractivity contribution in [1.82, 2.24) is 5.32 Å². The maximum Gasteiger partial charge on any atom is 0.122 e. The van der Waals surface area contributed by atoms with Crippen molar-refractivity contribution in [2.45, 2.75) is 51.2 Å². The molecule has 3 nitrogen and oxygen atoms in total. The third kappa shape index (κ3) is 3.08. The Hall–Kier alpha value is -1.53. The molecule has 1 aromatic carbocycles. The van der Waals surface area contributed by atoms with Crippen LogP contribution in [0.25, 0.3) is 0 Å². The second kappa shape index (κ2) is 5.63. The van der Waals surface area contributed by atoms with Gasteiger partial charge < -0.3 is 10.1 Å². The number of aryl methyl sites for hydroxylation is 2. The second-order valence-corrected chi connectivity index (χ2v) is 5.55. The SMILES string of the molecule is CNC1(C#N)CCCC(Oc2ccc(C)cc2C)C1. The van der Waals surface area contributed by atoms with Crippen molar-refractivity contribution in [3.63, 3.8) is 0 Å². The first kappa shape index (κ1) is 13.9. The molecule has 1 saturated carbocycles. The standard InChI is InChI=1S/C16H22N2O/c1-12-6-7-15(13(2)9-12)19-14-5-4-8-16(10-14,11-17)18-3/h6-7,9,14,18H,4-5,8,10H2,1-3H3. The summed E-state index contributed by atoms with van der Waals surface area (Å²) in [5, 5.41) is 12.5. The molecule has 1 aliphatic rings. The maximum absolute atomic E-state index is 9.35. The minimum atomic E-state index is -0.415. The first-order valence-electron chi connectivity index (χ1n) is 6.93. The highest BCUT2D eigenvalue weighted by Crippen LogP contribution is 2.31. The van der Waals surface area contributed by atoms with Crippen LogP contribution in [0.3, 0.4) is 0 Å². The summed E-state index contributed by atoms with van der Waals surface area (Å²) in [6, 6.07) is 8.65. The van der Waals surface area contributed by atoms with E-state index in [0.29, 0.717) is 0 Å². The quantitative estimate of drug-likeness (QED) is 0.906. The average molecular weight is 258 g/mol. The average Bonchev–Trinajstić information content (AvgIpc) is 2.42. The van der Waals surface area contributed by atoms with Crippen molar-refractivity contribution >= 4 is 0 Å². The summed E-state index contributed by atoms with van der Waals surface area (Å²) in [6.07, 6.45) is 3.85. The van der Waals surface area contributed by atoms with Crippen LogP contribution in [0.4, 0.5) is 0 Å². The van der Waals surface area contributed by atoms with Gasteiger partial charge in [0.1, 0.15) is 17.4 Å². The molecular formula is C16H22N2O. The molecule has 3 heteroatoms. The Morgan fingerprint density at radius 3 is 2.84 bits per heavy atom. The lowest BCUT2D eigenvalue weighted by Crippen LogP contribution is -2.48. The second-order valence-electron chi connectivity index (χ2n) is 5.55. The van der Waals surface area contributed by atoms with Gasteiger partial charge in [-0.1, -0.05) is 17.7 Å². The van der Waals surface area contributed by atoms with Crippen LogP contribution in [-0.2, 0) is 0 Å². The van der Waals surface area contributed by atoms with Crippen LogP contribution >= 0.6 is 0 Å². The van der Waals surface area contributed by atoms with Crippen molar-refractivity contribution in [3.05, 3.63) is 29.3 Å². The molecule has 2 rings (SSSR count). The minimum absolute atomic E-state index is 0.127. The highest BCUT2D eigenvalue weighted by Gasteiger charge is 2.36. The summed E-state index contributed by atoms with van der Waals surface area (Å²) in [7, 11) is 1.86. The van der Waals surface area contributed by atoms with E-state index >= 15 is 0 Å². The van der Waals surface area contributed by atoms with Gasteiger partial charge in [0.15, 0.2) is 0 Å². The molecule has 1 aromatic rings. The summed E-state index contributed by atoms with van der Waals surface area (Å²) < 4.78 is 6.11. The van der Waals surface area contributed by atoms with Crippen LogP contribution in [0, 0.1) is 25.2 Å². The summed E-state index contributed by atoms with van der Waals surface area (Å²) in [6.45, 7) is 4.15. The molecule has 1 aliphatic carbocycles. The molecular weight excluding hydrogens is 236 g/mol. The highest BCUT2D eigenvalue weighted by atomic mass is 16.5. The van der Waals surface area contributed by atoms with E-state index in [1.165, 1.54) is 5.56 Å². The third-order valence-corrected chi connectivity index (χ3v) is 4.02. The number of benzene rings is 1. The molecule has 1 N–H and O–H groups in total. The first-order chi connectivity index (χ1) is 9.08. The van der Waals surface area contributed by atoms with E-state index in [0.717, 1.165) is 37.0 Å². The Balaban J connectivity index is 2.09. The molecule has 2 atom stereocenters. The van der Waals surface area contributed by atoms with Crippen LogP contribution in [-0.4, -0.2) is 18.7 Å². The van der Waals surface area contributed by atoms with Gasteiger partial charge >= 0.3 is 0 Å². The van der Waals surface area contributed by atoms with Crippen LogP contribution in [0.15, 0.2) is 18.2 Å². The number of hydrogen-bond donors (Lipinski definition) is 1. The molecule has 0 spiro atoms. The molecule has 2 unspecified atom stereocenters. The Morgan fingerprint density at radius 1 is 1.42 bits per heavy atom. The van der Waals surface area contributed by atoms with E-state index in [2.05, 4.69) is 37.4 Å². The van der Waals surface area contributed by atoms with E-state index in [-0.39, 0.29) is 6.10 Å². The van der Waals surface area contributed by atoms with Gasteiger partial charge in [-0.05, 0) is 51.8 Å². The van der Waals surface area contributed by atoms with Gasteiger partial charge in [0.2, 0.25) is 0 Å². The number of ether oxygens (including phenoxy) is 1. The number of nitrogens with one attached hydrogen (secondary N) is 1. The lowest BCUT2D eigenvalue weighted by molar-refractivity contribution is 0.115. The Kier molecular flexibility index (Phi) is 4.11. The molecule has 19 heavy (non-hydrogen) atoms. The van der Waals surface area contributed by atoms with Gasteiger partial charge in [-0.15, -0.1) is 0 Å². The van der Waals surface area contributed by atoms with E-state index in [1.807, 2.05) is 13.1 Å². The van der Waals surface area contributed by atoms with E-state index < -0.39 is 5.54 Å². The normalized spacial score (nSPS) is 26.7. The topological polar surface area (TPSA) is 45.0 Å². The molecule has 102 valence electrons. The van der Waals surface area contributed by atoms with E-state index in [1.54, 1.807) is 0 Å². The van der Waals surface area contributed by atoms with Crippen molar-refractivity contribution in [2.75, 3.05) is 7.05 Å². The van der Waals surface area contributed by atoms with Crippen LogP contribution < -0.4 is 10.1 Å². The molecule has 0 heterocycles. The number of nitriles is 1. The zero-order chi connectivity index (χ0) is 13.9. The largest absolute Gasteiger partial charge is 0.490 e. The van der Waals surface area contributed by atoms with Gasteiger partial charge in [-0.2, -0.15) is 5.26 Å². The molecule has 0 amide bonds. The van der Waals surface area contributed by atoms with Gasteiger partial charge in [0.25, 0.3) is 0 Å². The molecule has 0 aliphatic heterocycles. The molecule has 0 bridgehead atoms. The molecule has 0 radical (unpaired) electrons. The highest BCUT2D eigenvalue weighted by molar-refractivity contribution is 5.36. The van der Waals surface area contributed by atoms with Crippen molar-refractivity contribution in [2.24, 2.45) is 0 Å². The van der Waals surface area contributed by atoms with Crippen molar-refractivity contribution in [3.8, 4) is 11.8 Å². The smallest absolute Gasteiger partial charge is 0.122 e. The fourth-order valence-electron chi connectivity index (χ4n) is 2.82. The van der Waals surface area contributed by atoms with E-state index in [9.17, 15) is 5.26 Å². The predicted molar refractivity (Wildman–Crippen MR) is 76.2 cm³/mol. The monoisotopic (exact) mass is 258 g/mol. The fourth-order valence-corrected chi connectivity index (χ4v) is 2.82. The summed E-state index contributed by atoms with van der Waals surface area (Å²) in [4.78, 5) is 0. The number of hydrogen-bond acceptors (Lipinski definition) is 3. The zero-order valence-corrected chi connectivity index (χ0v) is 12.0. The van der Waals surface area contributed by atoms with Gasteiger partial charge in [-0.3, -0.25) is 0 Å². The Labute approximate surface area is 115 Å². The fraction of sp³-hybridized carbons (Fsp3) is 0.562. The Morgan fingerprint density at radius 2 is 2.21 bits per heavy atom. The zero-order valence-electron chi connectivity index (χ0n) is 12.0. The van der Waals surface area contributed by atoms with Crippen molar-refractivity contribution < 1.29 is 4.74 Å². The number of rotatable bonds is 3. The molecule has 1 fully saturated rings. The van der Waals surface area contributed by atoms with Crippen molar-refractivity contribution in [1.29, 1.82) is 5.26 Å².